The third-order valence-corrected chi connectivity index (χ3v) is 5.64. The number of carbonyl (C=O) groups is 1. The molecule has 0 radical (unpaired) electrons. The Morgan fingerprint density at radius 2 is 1.96 bits per heavy atom. The van der Waals surface area contributed by atoms with Crippen molar-refractivity contribution in [3.63, 3.8) is 0 Å². The molecule has 1 amide bonds. The Balaban J connectivity index is 1.79. The minimum Gasteiger partial charge on any atom is -0.297 e. The van der Waals surface area contributed by atoms with Gasteiger partial charge in [0.2, 0.25) is 0 Å². The number of benzene rings is 1. The van der Waals surface area contributed by atoms with E-state index in [4.69, 9.17) is 0 Å². The van der Waals surface area contributed by atoms with Crippen molar-refractivity contribution in [1.29, 1.82) is 0 Å². The van der Waals surface area contributed by atoms with Crippen LogP contribution < -0.4 is 5.32 Å². The Morgan fingerprint density at radius 3 is 2.60 bits per heavy atom. The zero-order chi connectivity index (χ0) is 18.1. The monoisotopic (exact) mass is 373 g/mol. The van der Waals surface area contributed by atoms with E-state index >= 15 is 0 Å². The van der Waals surface area contributed by atoms with Gasteiger partial charge in [0.25, 0.3) is 11.6 Å². The third kappa shape index (κ3) is 3.59. The highest BCUT2D eigenvalue weighted by molar-refractivity contribution is 7.15. The van der Waals surface area contributed by atoms with Crippen molar-refractivity contribution in [3.8, 4) is 11.3 Å². The van der Waals surface area contributed by atoms with Crippen LogP contribution in [0.25, 0.3) is 11.3 Å². The van der Waals surface area contributed by atoms with E-state index < -0.39 is 4.92 Å². The molecule has 0 atom stereocenters. The van der Waals surface area contributed by atoms with E-state index in [-0.39, 0.29) is 11.6 Å². The summed E-state index contributed by atoms with van der Waals surface area (Å²) in [7, 11) is 0. The van der Waals surface area contributed by atoms with Gasteiger partial charge in [0.15, 0.2) is 5.13 Å². The van der Waals surface area contributed by atoms with Crippen LogP contribution in [0.3, 0.4) is 0 Å². The number of hydrogen-bond donors (Lipinski definition) is 1. The average molecular weight is 373 g/mol. The zero-order valence-electron chi connectivity index (χ0n) is 13.8. The number of nitrogens with one attached hydrogen (secondary N) is 1. The van der Waals surface area contributed by atoms with Crippen LogP contribution in [0.15, 0.2) is 29.6 Å². The highest BCUT2D eigenvalue weighted by Gasteiger charge is 2.20. The predicted molar refractivity (Wildman–Crippen MR) is 101 cm³/mol. The van der Waals surface area contributed by atoms with Gasteiger partial charge in [-0.05, 0) is 38.0 Å². The van der Waals surface area contributed by atoms with Crippen molar-refractivity contribution in [2.24, 2.45) is 0 Å². The van der Waals surface area contributed by atoms with Gasteiger partial charge in [-0.25, -0.2) is 4.98 Å². The SMILES string of the molecule is Cc1ccc(-c2csc(NC(=O)c3cc([N+](=O)[O-])c(C)s3)n2)cc1C. The summed E-state index contributed by atoms with van der Waals surface area (Å²) in [5, 5.41) is 15.9. The van der Waals surface area contributed by atoms with E-state index in [9.17, 15) is 14.9 Å². The number of hydrogen-bond acceptors (Lipinski definition) is 6. The zero-order valence-corrected chi connectivity index (χ0v) is 15.5. The van der Waals surface area contributed by atoms with Crippen LogP contribution in [0.1, 0.15) is 25.7 Å². The van der Waals surface area contributed by atoms with Gasteiger partial charge in [-0.1, -0.05) is 12.1 Å². The topological polar surface area (TPSA) is 85.1 Å². The van der Waals surface area contributed by atoms with Crippen molar-refractivity contribution in [2.75, 3.05) is 5.32 Å². The first-order valence-corrected chi connectivity index (χ1v) is 9.14. The van der Waals surface area contributed by atoms with Crippen LogP contribution in [0, 0.1) is 30.9 Å². The molecule has 0 aliphatic carbocycles. The lowest BCUT2D eigenvalue weighted by Gasteiger charge is -2.02. The van der Waals surface area contributed by atoms with Gasteiger partial charge < -0.3 is 0 Å². The molecule has 8 heteroatoms. The average Bonchev–Trinajstić information content (AvgIpc) is 3.17. The fourth-order valence-electron chi connectivity index (χ4n) is 2.29. The van der Waals surface area contributed by atoms with E-state index in [1.807, 2.05) is 31.4 Å². The fourth-order valence-corrected chi connectivity index (χ4v) is 3.89. The number of thiazole rings is 1. The van der Waals surface area contributed by atoms with Crippen molar-refractivity contribution < 1.29 is 9.72 Å². The summed E-state index contributed by atoms with van der Waals surface area (Å²) in [5.41, 5.74) is 4.13. The maximum atomic E-state index is 12.3. The highest BCUT2D eigenvalue weighted by Crippen LogP contribution is 2.30. The molecule has 1 aromatic carbocycles. The first-order chi connectivity index (χ1) is 11.8. The molecule has 0 saturated carbocycles. The molecule has 0 aliphatic heterocycles. The molecule has 0 aliphatic rings. The van der Waals surface area contributed by atoms with Gasteiger partial charge in [0, 0.05) is 17.0 Å². The van der Waals surface area contributed by atoms with Gasteiger partial charge in [-0.3, -0.25) is 20.2 Å². The number of aryl methyl sites for hydroxylation is 3. The number of aromatic nitrogens is 1. The quantitative estimate of drug-likeness (QED) is 0.517. The summed E-state index contributed by atoms with van der Waals surface area (Å²) < 4.78 is 0. The summed E-state index contributed by atoms with van der Waals surface area (Å²) in [6, 6.07) is 7.39. The summed E-state index contributed by atoms with van der Waals surface area (Å²) in [6.07, 6.45) is 0. The number of amides is 1. The first kappa shape index (κ1) is 17.2. The summed E-state index contributed by atoms with van der Waals surface area (Å²) in [6.45, 7) is 5.72. The largest absolute Gasteiger partial charge is 0.297 e. The Kier molecular flexibility index (Phi) is 4.65. The van der Waals surface area contributed by atoms with Crippen LogP contribution in [-0.2, 0) is 0 Å². The van der Waals surface area contributed by atoms with Crippen LogP contribution in [-0.4, -0.2) is 15.8 Å². The molecule has 128 valence electrons. The van der Waals surface area contributed by atoms with Crippen molar-refractivity contribution >= 4 is 39.4 Å². The number of nitrogens with zero attached hydrogens (tertiary/aromatic N) is 2. The number of carbonyl (C=O) groups excluding carboxylic acids is 1. The van der Waals surface area contributed by atoms with E-state index in [2.05, 4.69) is 16.4 Å². The summed E-state index contributed by atoms with van der Waals surface area (Å²) in [5.74, 6) is -0.387. The second-order valence-electron chi connectivity index (χ2n) is 5.60. The van der Waals surface area contributed by atoms with Crippen molar-refractivity contribution in [2.45, 2.75) is 20.8 Å². The normalized spacial score (nSPS) is 10.7. The van der Waals surface area contributed by atoms with Crippen molar-refractivity contribution in [1.82, 2.24) is 4.98 Å². The smallest absolute Gasteiger partial charge is 0.283 e. The van der Waals surface area contributed by atoms with Gasteiger partial charge in [0.05, 0.1) is 20.4 Å². The van der Waals surface area contributed by atoms with Crippen LogP contribution >= 0.6 is 22.7 Å². The minimum absolute atomic E-state index is 0.0369. The van der Waals surface area contributed by atoms with Gasteiger partial charge >= 0.3 is 0 Å². The van der Waals surface area contributed by atoms with Gasteiger partial charge in [-0.15, -0.1) is 22.7 Å². The standard InChI is InChI=1S/C17H15N3O3S2/c1-9-4-5-12(6-10(9)2)13-8-24-17(18-13)19-16(21)15-7-14(20(22)23)11(3)25-15/h4-8H,1-3H3,(H,18,19,21). The number of rotatable bonds is 4. The van der Waals surface area contributed by atoms with E-state index in [0.29, 0.717) is 14.9 Å². The van der Waals surface area contributed by atoms with Gasteiger partial charge in [-0.2, -0.15) is 0 Å². The first-order valence-electron chi connectivity index (χ1n) is 7.44. The molecule has 3 aromatic rings. The lowest BCUT2D eigenvalue weighted by atomic mass is 10.1. The Morgan fingerprint density at radius 1 is 1.20 bits per heavy atom. The molecule has 2 heterocycles. The number of anilines is 1. The Hall–Kier alpha value is -2.58. The lowest BCUT2D eigenvalue weighted by Crippen LogP contribution is -2.09. The maximum absolute atomic E-state index is 12.3. The molecule has 1 N–H and O–H groups in total. The lowest BCUT2D eigenvalue weighted by molar-refractivity contribution is -0.385. The summed E-state index contributed by atoms with van der Waals surface area (Å²) >= 11 is 2.42. The molecular weight excluding hydrogens is 358 g/mol. The van der Waals surface area contributed by atoms with Gasteiger partial charge in [0.1, 0.15) is 0 Å². The molecule has 2 aromatic heterocycles. The predicted octanol–water partition coefficient (Wildman–Crippen LogP) is 4.96. The molecule has 0 unspecified atom stereocenters. The second-order valence-corrected chi connectivity index (χ2v) is 7.71. The highest BCUT2D eigenvalue weighted by atomic mass is 32.1. The molecular formula is C17H15N3O3S2. The molecule has 6 nitrogen and oxygen atoms in total. The van der Waals surface area contributed by atoms with E-state index in [0.717, 1.165) is 22.6 Å². The summed E-state index contributed by atoms with van der Waals surface area (Å²) in [4.78, 5) is 27.9. The van der Waals surface area contributed by atoms with Crippen LogP contribution in [0.5, 0.6) is 0 Å². The number of thiophene rings is 1. The van der Waals surface area contributed by atoms with Crippen LogP contribution in [0.4, 0.5) is 10.8 Å². The molecule has 0 bridgehead atoms. The molecule has 0 saturated heterocycles. The molecule has 25 heavy (non-hydrogen) atoms. The number of nitro groups is 1. The minimum atomic E-state index is -0.482. The third-order valence-electron chi connectivity index (χ3n) is 3.84. The van der Waals surface area contributed by atoms with E-state index in [1.165, 1.54) is 28.5 Å². The Labute approximate surface area is 152 Å². The maximum Gasteiger partial charge on any atom is 0.283 e. The molecule has 0 spiro atoms. The molecule has 0 fully saturated rings. The second kappa shape index (κ2) is 6.73. The van der Waals surface area contributed by atoms with Crippen molar-refractivity contribution in [3.05, 3.63) is 60.6 Å². The van der Waals surface area contributed by atoms with E-state index in [1.54, 1.807) is 6.92 Å². The van der Waals surface area contributed by atoms with Crippen LogP contribution in [0.2, 0.25) is 0 Å². The Bertz CT molecular complexity index is 975. The fraction of sp³-hybridized carbons (Fsp3) is 0.176. The molecule has 3 rings (SSSR count).